The number of carbonyl (C=O) groups is 1. The number of hydrogen-bond donors (Lipinski definition) is 1. The lowest BCUT2D eigenvalue weighted by Crippen LogP contribution is -2.42. The van der Waals surface area contributed by atoms with Crippen LogP contribution in [0.3, 0.4) is 0 Å². The van der Waals surface area contributed by atoms with Crippen LogP contribution in [0.4, 0.5) is 0 Å². The molecule has 17 heavy (non-hydrogen) atoms. The van der Waals surface area contributed by atoms with E-state index in [0.29, 0.717) is 15.6 Å². The van der Waals surface area contributed by atoms with Crippen molar-refractivity contribution in [1.29, 1.82) is 0 Å². The van der Waals surface area contributed by atoms with E-state index in [2.05, 4.69) is 0 Å². The maximum absolute atomic E-state index is 12.2. The minimum atomic E-state index is -0.282. The van der Waals surface area contributed by atoms with Gasteiger partial charge in [-0.3, -0.25) is 4.79 Å². The van der Waals surface area contributed by atoms with Crippen molar-refractivity contribution in [1.82, 2.24) is 4.90 Å². The van der Waals surface area contributed by atoms with Crippen LogP contribution in [0.5, 0.6) is 0 Å². The van der Waals surface area contributed by atoms with Crippen molar-refractivity contribution in [2.75, 3.05) is 7.05 Å². The summed E-state index contributed by atoms with van der Waals surface area (Å²) in [7, 11) is 1.67. The summed E-state index contributed by atoms with van der Waals surface area (Å²) >= 11 is 10.9. The first-order chi connectivity index (χ1) is 7.86. The summed E-state index contributed by atoms with van der Waals surface area (Å²) in [6, 6.07) is 4.97. The van der Waals surface area contributed by atoms with Crippen LogP contribution in [0.1, 0.15) is 22.8 Å². The molecule has 5 heteroatoms. The summed E-state index contributed by atoms with van der Waals surface area (Å²) in [4.78, 5) is 14.0. The summed E-state index contributed by atoms with van der Waals surface area (Å²) in [5, 5.41) is 0.576. The van der Waals surface area contributed by atoms with Gasteiger partial charge in [0, 0.05) is 17.6 Å². The van der Waals surface area contributed by atoms with E-state index < -0.39 is 0 Å². The zero-order valence-corrected chi connectivity index (χ0v) is 11.6. The van der Waals surface area contributed by atoms with Crippen molar-refractivity contribution in [3.05, 3.63) is 34.3 Å². The predicted molar refractivity (Wildman–Crippen MR) is 74.5 cm³/mol. The highest BCUT2D eigenvalue weighted by Gasteiger charge is 2.21. The first-order valence-electron chi connectivity index (χ1n) is 5.17. The maximum atomic E-state index is 12.2. The van der Waals surface area contributed by atoms with E-state index in [-0.39, 0.29) is 11.9 Å². The molecule has 0 radical (unpaired) electrons. The Hall–Kier alpha value is -1.13. The molecule has 3 nitrogen and oxygen atoms in total. The molecule has 0 bridgehead atoms. The van der Waals surface area contributed by atoms with Crippen molar-refractivity contribution in [2.24, 2.45) is 5.73 Å². The van der Waals surface area contributed by atoms with Gasteiger partial charge in [-0.2, -0.15) is 0 Å². The molecule has 0 spiro atoms. The SMILES string of the molecule is Cc1c(Cl)cccc1C(=O)N(C)C(C)C(N)=S. The normalized spacial score (nSPS) is 12.0. The summed E-state index contributed by atoms with van der Waals surface area (Å²) < 4.78 is 0. The highest BCUT2D eigenvalue weighted by Crippen LogP contribution is 2.20. The van der Waals surface area contributed by atoms with Crippen molar-refractivity contribution in [3.63, 3.8) is 0 Å². The Morgan fingerprint density at radius 2 is 2.12 bits per heavy atom. The van der Waals surface area contributed by atoms with Gasteiger partial charge in [0.25, 0.3) is 5.91 Å². The zero-order chi connectivity index (χ0) is 13.2. The van der Waals surface area contributed by atoms with Gasteiger partial charge in [-0.05, 0) is 31.5 Å². The van der Waals surface area contributed by atoms with Crippen molar-refractivity contribution >= 4 is 34.7 Å². The Labute approximate surface area is 112 Å². The summed E-state index contributed by atoms with van der Waals surface area (Å²) in [5.74, 6) is -0.134. The van der Waals surface area contributed by atoms with Crippen LogP contribution in [0.2, 0.25) is 5.02 Å². The second kappa shape index (κ2) is 5.47. The first-order valence-corrected chi connectivity index (χ1v) is 5.96. The number of nitrogens with zero attached hydrogens (tertiary/aromatic N) is 1. The molecule has 1 atom stereocenters. The van der Waals surface area contributed by atoms with Crippen molar-refractivity contribution < 1.29 is 4.79 Å². The lowest BCUT2D eigenvalue weighted by Gasteiger charge is -2.24. The van der Waals surface area contributed by atoms with Gasteiger partial charge < -0.3 is 10.6 Å². The second-order valence-corrected chi connectivity index (χ2v) is 4.79. The number of carbonyl (C=O) groups excluding carboxylic acids is 1. The number of rotatable bonds is 3. The predicted octanol–water partition coefficient (Wildman–Crippen LogP) is 2.40. The van der Waals surface area contributed by atoms with Crippen LogP contribution in [0, 0.1) is 6.92 Å². The van der Waals surface area contributed by atoms with Crippen molar-refractivity contribution in [3.8, 4) is 0 Å². The minimum absolute atomic E-state index is 0.134. The molecule has 0 aromatic heterocycles. The number of hydrogen-bond acceptors (Lipinski definition) is 2. The molecule has 1 aromatic carbocycles. The Morgan fingerprint density at radius 3 is 2.65 bits per heavy atom. The lowest BCUT2D eigenvalue weighted by atomic mass is 10.1. The third-order valence-electron chi connectivity index (χ3n) is 2.81. The van der Waals surface area contributed by atoms with E-state index in [1.54, 1.807) is 32.2 Å². The van der Waals surface area contributed by atoms with Gasteiger partial charge in [0.1, 0.15) is 0 Å². The zero-order valence-electron chi connectivity index (χ0n) is 10.0. The number of halogens is 1. The van der Waals surface area contributed by atoms with Crippen LogP contribution in [0.15, 0.2) is 18.2 Å². The topological polar surface area (TPSA) is 46.3 Å². The largest absolute Gasteiger partial charge is 0.392 e. The van der Waals surface area contributed by atoms with Gasteiger partial charge in [-0.1, -0.05) is 29.9 Å². The third-order valence-corrected chi connectivity index (χ3v) is 3.56. The molecule has 1 rings (SSSR count). The second-order valence-electron chi connectivity index (χ2n) is 3.91. The lowest BCUT2D eigenvalue weighted by molar-refractivity contribution is 0.0778. The third kappa shape index (κ3) is 2.96. The number of benzene rings is 1. The maximum Gasteiger partial charge on any atom is 0.254 e. The average molecular weight is 271 g/mol. The van der Waals surface area contributed by atoms with Crippen LogP contribution in [-0.4, -0.2) is 28.9 Å². The molecule has 92 valence electrons. The van der Waals surface area contributed by atoms with Crippen molar-refractivity contribution in [2.45, 2.75) is 19.9 Å². The minimum Gasteiger partial charge on any atom is -0.392 e. The monoisotopic (exact) mass is 270 g/mol. The van der Waals surface area contributed by atoms with Crippen LogP contribution < -0.4 is 5.73 Å². The quantitative estimate of drug-likeness (QED) is 0.858. The molecular formula is C12H15ClN2OS. The molecule has 0 aliphatic heterocycles. The molecule has 2 N–H and O–H groups in total. The summed E-state index contributed by atoms with van der Waals surface area (Å²) in [6.45, 7) is 3.61. The van der Waals surface area contributed by atoms with E-state index in [9.17, 15) is 4.79 Å². The van der Waals surface area contributed by atoms with E-state index in [0.717, 1.165) is 5.56 Å². The smallest absolute Gasteiger partial charge is 0.254 e. The molecule has 1 unspecified atom stereocenters. The molecule has 0 aliphatic rings. The van der Waals surface area contributed by atoms with Gasteiger partial charge in [0.2, 0.25) is 0 Å². The highest BCUT2D eigenvalue weighted by molar-refractivity contribution is 7.80. The number of likely N-dealkylation sites (N-methyl/N-ethyl adjacent to an activating group) is 1. The van der Waals surface area contributed by atoms with Crippen LogP contribution in [-0.2, 0) is 0 Å². The fourth-order valence-corrected chi connectivity index (χ4v) is 1.73. The molecular weight excluding hydrogens is 256 g/mol. The fraction of sp³-hybridized carbons (Fsp3) is 0.333. The average Bonchev–Trinajstić information content (AvgIpc) is 2.29. The van der Waals surface area contributed by atoms with Crippen LogP contribution in [0.25, 0.3) is 0 Å². The Kier molecular flexibility index (Phi) is 4.48. The molecule has 0 heterocycles. The van der Waals surface area contributed by atoms with E-state index in [1.807, 2.05) is 6.92 Å². The van der Waals surface area contributed by atoms with E-state index in [1.165, 1.54) is 4.90 Å². The van der Waals surface area contributed by atoms with Gasteiger partial charge in [0.05, 0.1) is 11.0 Å². The Morgan fingerprint density at radius 1 is 1.53 bits per heavy atom. The summed E-state index contributed by atoms with van der Waals surface area (Å²) in [5.41, 5.74) is 6.87. The number of thiocarbonyl (C=S) groups is 1. The van der Waals surface area contributed by atoms with Crippen LogP contribution >= 0.6 is 23.8 Å². The highest BCUT2D eigenvalue weighted by atomic mass is 35.5. The van der Waals surface area contributed by atoms with Gasteiger partial charge in [0.15, 0.2) is 0 Å². The van der Waals surface area contributed by atoms with Gasteiger partial charge in [-0.25, -0.2) is 0 Å². The Bertz CT molecular complexity index is 462. The molecule has 0 fully saturated rings. The molecule has 0 saturated heterocycles. The fourth-order valence-electron chi connectivity index (χ4n) is 1.40. The first kappa shape index (κ1) is 13.9. The van der Waals surface area contributed by atoms with E-state index >= 15 is 0 Å². The molecule has 1 aromatic rings. The Balaban J connectivity index is 3.05. The molecule has 1 amide bonds. The number of nitrogens with two attached hydrogens (primary N) is 1. The van der Waals surface area contributed by atoms with E-state index in [4.69, 9.17) is 29.6 Å². The summed E-state index contributed by atoms with van der Waals surface area (Å²) in [6.07, 6.45) is 0. The molecule has 0 aliphatic carbocycles. The van der Waals surface area contributed by atoms with Gasteiger partial charge in [-0.15, -0.1) is 0 Å². The molecule has 0 saturated carbocycles. The standard InChI is InChI=1S/C12H15ClN2OS/c1-7-9(5-4-6-10(7)13)12(16)15(3)8(2)11(14)17/h4-6,8H,1-3H3,(H2,14,17). The van der Waals surface area contributed by atoms with Gasteiger partial charge >= 0.3 is 0 Å². The number of amides is 1.